The number of aliphatic hydroxyl groups excluding tert-OH is 1. The SMILES string of the molecule is CCC(CO)NC(Cc1ccccc1)c1ccc(OC)cc1. The smallest absolute Gasteiger partial charge is 0.118 e. The highest BCUT2D eigenvalue weighted by molar-refractivity contribution is 5.30. The maximum atomic E-state index is 9.49. The molecule has 2 rings (SSSR count). The zero-order valence-electron chi connectivity index (χ0n) is 13.3. The summed E-state index contributed by atoms with van der Waals surface area (Å²) in [5.41, 5.74) is 2.49. The molecule has 0 saturated heterocycles. The van der Waals surface area contributed by atoms with E-state index in [0.717, 1.165) is 18.6 Å². The van der Waals surface area contributed by atoms with E-state index < -0.39 is 0 Å². The van der Waals surface area contributed by atoms with Gasteiger partial charge in [-0.05, 0) is 36.1 Å². The molecular weight excluding hydrogens is 274 g/mol. The van der Waals surface area contributed by atoms with E-state index in [9.17, 15) is 5.11 Å². The third kappa shape index (κ3) is 4.58. The van der Waals surface area contributed by atoms with Crippen molar-refractivity contribution >= 4 is 0 Å². The summed E-state index contributed by atoms with van der Waals surface area (Å²) >= 11 is 0. The van der Waals surface area contributed by atoms with Crippen molar-refractivity contribution in [2.45, 2.75) is 31.8 Å². The first-order chi connectivity index (χ1) is 10.8. The van der Waals surface area contributed by atoms with Crippen LogP contribution in [0.5, 0.6) is 5.75 Å². The molecule has 0 amide bonds. The van der Waals surface area contributed by atoms with Gasteiger partial charge in [-0.25, -0.2) is 0 Å². The summed E-state index contributed by atoms with van der Waals surface area (Å²) in [4.78, 5) is 0. The lowest BCUT2D eigenvalue weighted by molar-refractivity contribution is 0.227. The average molecular weight is 299 g/mol. The first kappa shape index (κ1) is 16.5. The molecule has 0 bridgehead atoms. The van der Waals surface area contributed by atoms with E-state index in [2.05, 4.69) is 48.6 Å². The minimum absolute atomic E-state index is 0.107. The molecule has 0 aliphatic rings. The van der Waals surface area contributed by atoms with E-state index >= 15 is 0 Å². The Balaban J connectivity index is 2.19. The van der Waals surface area contributed by atoms with Crippen molar-refractivity contribution in [3.8, 4) is 5.75 Å². The summed E-state index contributed by atoms with van der Waals surface area (Å²) in [6.45, 7) is 2.24. The summed E-state index contributed by atoms with van der Waals surface area (Å²) in [6.07, 6.45) is 1.79. The number of ether oxygens (including phenoxy) is 1. The van der Waals surface area contributed by atoms with Gasteiger partial charge in [-0.3, -0.25) is 0 Å². The van der Waals surface area contributed by atoms with Gasteiger partial charge in [-0.15, -0.1) is 0 Å². The molecule has 3 heteroatoms. The quantitative estimate of drug-likeness (QED) is 0.785. The largest absolute Gasteiger partial charge is 0.497 e. The molecule has 0 fully saturated rings. The molecule has 2 aromatic carbocycles. The summed E-state index contributed by atoms with van der Waals surface area (Å²) in [5, 5.41) is 13.1. The van der Waals surface area contributed by atoms with Crippen molar-refractivity contribution in [3.63, 3.8) is 0 Å². The molecule has 0 aliphatic carbocycles. The minimum Gasteiger partial charge on any atom is -0.497 e. The van der Waals surface area contributed by atoms with Gasteiger partial charge in [0, 0.05) is 12.1 Å². The molecule has 2 aromatic rings. The molecule has 118 valence electrons. The topological polar surface area (TPSA) is 41.5 Å². The summed E-state index contributed by atoms with van der Waals surface area (Å²) in [5.74, 6) is 0.858. The van der Waals surface area contributed by atoms with Crippen LogP contribution in [0.4, 0.5) is 0 Å². The fraction of sp³-hybridized carbons (Fsp3) is 0.368. The molecule has 22 heavy (non-hydrogen) atoms. The minimum atomic E-state index is 0.107. The van der Waals surface area contributed by atoms with Crippen LogP contribution in [0.15, 0.2) is 54.6 Å². The number of nitrogens with one attached hydrogen (secondary N) is 1. The van der Waals surface area contributed by atoms with Crippen LogP contribution in [-0.2, 0) is 6.42 Å². The van der Waals surface area contributed by atoms with Crippen LogP contribution in [0.1, 0.15) is 30.5 Å². The van der Waals surface area contributed by atoms with Gasteiger partial charge >= 0.3 is 0 Å². The Bertz CT molecular complexity index is 535. The molecule has 0 aliphatic heterocycles. The zero-order valence-corrected chi connectivity index (χ0v) is 13.3. The van der Waals surface area contributed by atoms with Crippen molar-refractivity contribution < 1.29 is 9.84 Å². The Morgan fingerprint density at radius 1 is 1.05 bits per heavy atom. The van der Waals surface area contributed by atoms with Crippen molar-refractivity contribution in [2.24, 2.45) is 0 Å². The van der Waals surface area contributed by atoms with Crippen LogP contribution >= 0.6 is 0 Å². The van der Waals surface area contributed by atoms with E-state index in [1.807, 2.05) is 18.2 Å². The second kappa shape index (κ2) is 8.57. The molecule has 2 N–H and O–H groups in total. The molecular formula is C19H25NO2. The van der Waals surface area contributed by atoms with E-state index in [4.69, 9.17) is 4.74 Å². The number of hydrogen-bond acceptors (Lipinski definition) is 3. The van der Waals surface area contributed by atoms with Gasteiger partial charge in [0.15, 0.2) is 0 Å². The third-order valence-corrected chi connectivity index (χ3v) is 3.95. The van der Waals surface area contributed by atoms with Gasteiger partial charge in [0.25, 0.3) is 0 Å². The monoisotopic (exact) mass is 299 g/mol. The second-order valence-corrected chi connectivity index (χ2v) is 5.47. The number of benzene rings is 2. The van der Waals surface area contributed by atoms with Crippen molar-refractivity contribution in [1.82, 2.24) is 5.32 Å². The van der Waals surface area contributed by atoms with Gasteiger partial charge in [0.05, 0.1) is 13.7 Å². The van der Waals surface area contributed by atoms with Crippen molar-refractivity contribution in [1.29, 1.82) is 0 Å². The van der Waals surface area contributed by atoms with Gasteiger partial charge in [0.2, 0.25) is 0 Å². The summed E-state index contributed by atoms with van der Waals surface area (Å²) in [6, 6.07) is 18.8. The van der Waals surface area contributed by atoms with Crippen LogP contribution in [0, 0.1) is 0 Å². The Hall–Kier alpha value is -1.84. The highest BCUT2D eigenvalue weighted by Crippen LogP contribution is 2.22. The number of hydrogen-bond donors (Lipinski definition) is 2. The van der Waals surface area contributed by atoms with Gasteiger partial charge in [0.1, 0.15) is 5.75 Å². The van der Waals surface area contributed by atoms with E-state index in [1.165, 1.54) is 11.1 Å². The fourth-order valence-corrected chi connectivity index (χ4v) is 2.54. The molecule has 0 spiro atoms. The van der Waals surface area contributed by atoms with Crippen LogP contribution in [0.25, 0.3) is 0 Å². The predicted molar refractivity (Wildman–Crippen MR) is 90.2 cm³/mol. The lowest BCUT2D eigenvalue weighted by atomic mass is 9.97. The van der Waals surface area contributed by atoms with Gasteiger partial charge in [-0.2, -0.15) is 0 Å². The molecule has 0 radical (unpaired) electrons. The highest BCUT2D eigenvalue weighted by Gasteiger charge is 2.16. The van der Waals surface area contributed by atoms with Crippen LogP contribution < -0.4 is 10.1 Å². The maximum Gasteiger partial charge on any atom is 0.118 e. The van der Waals surface area contributed by atoms with Crippen LogP contribution in [0.2, 0.25) is 0 Å². The third-order valence-electron chi connectivity index (χ3n) is 3.95. The number of methoxy groups -OCH3 is 1. The molecule has 2 unspecified atom stereocenters. The van der Waals surface area contributed by atoms with Crippen LogP contribution in [-0.4, -0.2) is 24.9 Å². The Morgan fingerprint density at radius 2 is 1.73 bits per heavy atom. The fourth-order valence-electron chi connectivity index (χ4n) is 2.54. The first-order valence-electron chi connectivity index (χ1n) is 7.81. The van der Waals surface area contributed by atoms with Gasteiger partial charge in [-0.1, -0.05) is 49.4 Å². The lowest BCUT2D eigenvalue weighted by Crippen LogP contribution is -2.36. The number of rotatable bonds is 8. The second-order valence-electron chi connectivity index (χ2n) is 5.47. The molecule has 0 saturated carbocycles. The Kier molecular flexibility index (Phi) is 6.44. The molecule has 3 nitrogen and oxygen atoms in total. The Morgan fingerprint density at radius 3 is 2.27 bits per heavy atom. The zero-order chi connectivity index (χ0) is 15.8. The average Bonchev–Trinajstić information content (AvgIpc) is 2.59. The predicted octanol–water partition coefficient (Wildman–Crippen LogP) is 3.34. The summed E-state index contributed by atoms with van der Waals surface area (Å²) in [7, 11) is 1.67. The van der Waals surface area contributed by atoms with E-state index in [-0.39, 0.29) is 18.7 Å². The highest BCUT2D eigenvalue weighted by atomic mass is 16.5. The van der Waals surface area contributed by atoms with Crippen molar-refractivity contribution in [3.05, 3.63) is 65.7 Å². The van der Waals surface area contributed by atoms with Gasteiger partial charge < -0.3 is 15.2 Å². The standard InChI is InChI=1S/C19H25NO2/c1-3-17(14-21)20-19(13-15-7-5-4-6-8-15)16-9-11-18(22-2)12-10-16/h4-12,17,19-21H,3,13-14H2,1-2H3. The van der Waals surface area contributed by atoms with Crippen LogP contribution in [0.3, 0.4) is 0 Å². The molecule has 0 heterocycles. The normalized spacial score (nSPS) is 13.6. The van der Waals surface area contributed by atoms with E-state index in [0.29, 0.717) is 0 Å². The lowest BCUT2D eigenvalue weighted by Gasteiger charge is -2.25. The van der Waals surface area contributed by atoms with E-state index in [1.54, 1.807) is 7.11 Å². The summed E-state index contributed by atoms with van der Waals surface area (Å²) < 4.78 is 5.23. The Labute approximate surface area is 133 Å². The first-order valence-corrected chi connectivity index (χ1v) is 7.81. The van der Waals surface area contributed by atoms with Crippen molar-refractivity contribution in [2.75, 3.05) is 13.7 Å². The molecule has 2 atom stereocenters. The molecule has 0 aromatic heterocycles. The number of aliphatic hydroxyl groups is 1. The maximum absolute atomic E-state index is 9.49.